The van der Waals surface area contributed by atoms with Gasteiger partial charge in [-0.3, -0.25) is 9.89 Å². The van der Waals surface area contributed by atoms with Gasteiger partial charge >= 0.3 is 0 Å². The zero-order chi connectivity index (χ0) is 16.2. The van der Waals surface area contributed by atoms with Crippen molar-refractivity contribution in [3.05, 3.63) is 16.1 Å². The summed E-state index contributed by atoms with van der Waals surface area (Å²) < 4.78 is 6.00. The van der Waals surface area contributed by atoms with Gasteiger partial charge in [-0.05, 0) is 26.3 Å². The van der Waals surface area contributed by atoms with Crippen molar-refractivity contribution in [2.24, 2.45) is 4.99 Å². The normalized spacial score (nSPS) is 25.4. The number of thiazole rings is 1. The molecule has 2 saturated heterocycles. The first-order chi connectivity index (χ1) is 11.2. The van der Waals surface area contributed by atoms with E-state index in [1.165, 1.54) is 19.4 Å². The largest absolute Gasteiger partial charge is 0.373 e. The van der Waals surface area contributed by atoms with Crippen LogP contribution in [0.1, 0.15) is 23.5 Å². The number of aromatic nitrogens is 1. The van der Waals surface area contributed by atoms with Crippen LogP contribution in [0.25, 0.3) is 0 Å². The van der Waals surface area contributed by atoms with Crippen molar-refractivity contribution in [3.8, 4) is 0 Å². The Kier molecular flexibility index (Phi) is 5.50. The van der Waals surface area contributed by atoms with Gasteiger partial charge in [-0.25, -0.2) is 4.98 Å². The van der Waals surface area contributed by atoms with E-state index in [9.17, 15) is 0 Å². The molecule has 0 aliphatic carbocycles. The van der Waals surface area contributed by atoms with Gasteiger partial charge in [-0.15, -0.1) is 11.3 Å². The van der Waals surface area contributed by atoms with Gasteiger partial charge in [0, 0.05) is 38.6 Å². The molecule has 0 aromatic carbocycles. The van der Waals surface area contributed by atoms with E-state index in [-0.39, 0.29) is 6.10 Å². The Morgan fingerprint density at radius 2 is 2.48 bits per heavy atom. The van der Waals surface area contributed by atoms with Gasteiger partial charge in [0.25, 0.3) is 0 Å². The predicted molar refractivity (Wildman–Crippen MR) is 94.0 cm³/mol. The lowest BCUT2D eigenvalue weighted by Gasteiger charge is -2.35. The number of morpholine rings is 1. The van der Waals surface area contributed by atoms with E-state index in [0.717, 1.165) is 42.9 Å². The van der Waals surface area contributed by atoms with E-state index in [1.807, 2.05) is 21.0 Å². The molecule has 1 aromatic heterocycles. The minimum absolute atomic E-state index is 0.246. The van der Waals surface area contributed by atoms with Crippen LogP contribution in [0, 0.1) is 6.92 Å². The van der Waals surface area contributed by atoms with E-state index in [2.05, 4.69) is 30.5 Å². The van der Waals surface area contributed by atoms with Crippen LogP contribution in [0.2, 0.25) is 0 Å². The molecule has 23 heavy (non-hydrogen) atoms. The molecule has 2 aliphatic heterocycles. The highest BCUT2D eigenvalue weighted by atomic mass is 32.1. The fraction of sp³-hybridized carbons (Fsp3) is 0.750. The van der Waals surface area contributed by atoms with Crippen LogP contribution >= 0.6 is 11.3 Å². The summed E-state index contributed by atoms with van der Waals surface area (Å²) in [5.41, 5.74) is 1.09. The number of aliphatic imine (C=N–C) groups is 1. The second kappa shape index (κ2) is 7.59. The van der Waals surface area contributed by atoms with Crippen molar-refractivity contribution >= 4 is 17.3 Å². The molecular weight excluding hydrogens is 310 g/mol. The summed E-state index contributed by atoms with van der Waals surface area (Å²) in [5.74, 6) is 0.891. The Morgan fingerprint density at radius 3 is 3.22 bits per heavy atom. The molecule has 7 heteroatoms. The van der Waals surface area contributed by atoms with Crippen molar-refractivity contribution in [3.63, 3.8) is 0 Å². The molecule has 6 nitrogen and oxygen atoms in total. The second-order valence-corrected chi connectivity index (χ2v) is 7.45. The number of hydrogen-bond acceptors (Lipinski definition) is 5. The van der Waals surface area contributed by atoms with E-state index < -0.39 is 0 Å². The molecular formula is C16H27N5OS. The summed E-state index contributed by atoms with van der Waals surface area (Å²) in [7, 11) is 3.87. The average molecular weight is 337 g/mol. The topological polar surface area (TPSA) is 53.0 Å². The van der Waals surface area contributed by atoms with Gasteiger partial charge < -0.3 is 15.0 Å². The van der Waals surface area contributed by atoms with Crippen molar-refractivity contribution < 1.29 is 4.74 Å². The molecule has 1 aromatic rings. The zero-order valence-corrected chi connectivity index (χ0v) is 15.1. The van der Waals surface area contributed by atoms with Crippen LogP contribution in [0.15, 0.2) is 10.4 Å². The van der Waals surface area contributed by atoms with E-state index in [1.54, 1.807) is 11.3 Å². The number of nitrogens with one attached hydrogen (secondary N) is 1. The SMILES string of the molecule is CN=C(NCC1CN2CCCC2CO1)N(C)Cc1csc(C)n1. The van der Waals surface area contributed by atoms with E-state index in [0.29, 0.717) is 6.04 Å². The minimum Gasteiger partial charge on any atom is -0.373 e. The highest BCUT2D eigenvalue weighted by Gasteiger charge is 2.32. The first-order valence-corrected chi connectivity index (χ1v) is 9.22. The second-order valence-electron chi connectivity index (χ2n) is 6.39. The maximum atomic E-state index is 6.00. The van der Waals surface area contributed by atoms with Crippen LogP contribution in [0.3, 0.4) is 0 Å². The lowest BCUT2D eigenvalue weighted by atomic mass is 10.2. The Morgan fingerprint density at radius 1 is 1.61 bits per heavy atom. The van der Waals surface area contributed by atoms with Crippen molar-refractivity contribution in [2.75, 3.05) is 40.3 Å². The summed E-state index contributed by atoms with van der Waals surface area (Å²) >= 11 is 1.69. The van der Waals surface area contributed by atoms with E-state index >= 15 is 0 Å². The van der Waals surface area contributed by atoms with Crippen LogP contribution in [-0.2, 0) is 11.3 Å². The van der Waals surface area contributed by atoms with Gasteiger partial charge in [-0.2, -0.15) is 0 Å². The highest BCUT2D eigenvalue weighted by Crippen LogP contribution is 2.22. The van der Waals surface area contributed by atoms with Gasteiger partial charge in [0.15, 0.2) is 5.96 Å². The molecule has 1 N–H and O–H groups in total. The number of nitrogens with zero attached hydrogens (tertiary/aromatic N) is 4. The monoisotopic (exact) mass is 337 g/mol. The zero-order valence-electron chi connectivity index (χ0n) is 14.3. The fourth-order valence-corrected chi connectivity index (χ4v) is 4.00. The van der Waals surface area contributed by atoms with Crippen LogP contribution in [0.4, 0.5) is 0 Å². The maximum Gasteiger partial charge on any atom is 0.193 e. The Bertz CT molecular complexity index is 546. The highest BCUT2D eigenvalue weighted by molar-refractivity contribution is 7.09. The summed E-state index contributed by atoms with van der Waals surface area (Å²) in [6.45, 7) is 6.73. The van der Waals surface area contributed by atoms with E-state index in [4.69, 9.17) is 4.74 Å². The average Bonchev–Trinajstić information content (AvgIpc) is 3.16. The molecule has 2 unspecified atom stereocenters. The quantitative estimate of drug-likeness (QED) is 0.663. The standard InChI is InChI=1S/C16H27N5OS/c1-12-19-13(11-23-12)8-20(3)16(17-2)18-7-15-9-21-6-4-5-14(21)10-22-15/h11,14-15H,4-10H2,1-3H3,(H,17,18). The molecule has 3 rings (SSSR count). The molecule has 128 valence electrons. The molecule has 3 heterocycles. The summed E-state index contributed by atoms with van der Waals surface area (Å²) in [6.07, 6.45) is 2.85. The Hall–Kier alpha value is -1.18. The number of rotatable bonds is 4. The van der Waals surface area contributed by atoms with Crippen molar-refractivity contribution in [1.82, 2.24) is 20.1 Å². The smallest absolute Gasteiger partial charge is 0.193 e. The third-order valence-electron chi connectivity index (χ3n) is 4.59. The number of guanidine groups is 1. The lowest BCUT2D eigenvalue weighted by Crippen LogP contribution is -2.51. The number of ether oxygens (including phenoxy) is 1. The number of fused-ring (bicyclic) bond motifs is 1. The van der Waals surface area contributed by atoms with Crippen molar-refractivity contribution in [2.45, 2.75) is 38.5 Å². The van der Waals surface area contributed by atoms with Crippen LogP contribution < -0.4 is 5.32 Å². The molecule has 2 atom stereocenters. The molecule has 0 amide bonds. The van der Waals surface area contributed by atoms with Crippen LogP contribution in [-0.4, -0.2) is 73.2 Å². The molecule has 2 aliphatic rings. The summed E-state index contributed by atoms with van der Waals surface area (Å²) in [6, 6.07) is 0.654. The Labute approximate surface area is 142 Å². The molecule has 0 radical (unpaired) electrons. The van der Waals surface area contributed by atoms with Crippen LogP contribution in [0.5, 0.6) is 0 Å². The third kappa shape index (κ3) is 4.22. The predicted octanol–water partition coefficient (Wildman–Crippen LogP) is 1.32. The van der Waals surface area contributed by atoms with Gasteiger partial charge in [-0.1, -0.05) is 0 Å². The fourth-order valence-electron chi connectivity index (χ4n) is 3.40. The van der Waals surface area contributed by atoms with Crippen molar-refractivity contribution in [1.29, 1.82) is 0 Å². The molecule has 0 saturated carbocycles. The summed E-state index contributed by atoms with van der Waals surface area (Å²) in [5, 5.41) is 6.66. The van der Waals surface area contributed by atoms with Gasteiger partial charge in [0.1, 0.15) is 0 Å². The number of aryl methyl sites for hydroxylation is 1. The Balaban J connectivity index is 1.47. The minimum atomic E-state index is 0.246. The number of hydrogen-bond donors (Lipinski definition) is 1. The summed E-state index contributed by atoms with van der Waals surface area (Å²) in [4.78, 5) is 13.6. The molecule has 2 fully saturated rings. The maximum absolute atomic E-state index is 6.00. The molecule has 0 bridgehead atoms. The lowest BCUT2D eigenvalue weighted by molar-refractivity contribution is -0.0454. The first-order valence-electron chi connectivity index (χ1n) is 8.34. The van der Waals surface area contributed by atoms with Gasteiger partial charge in [0.2, 0.25) is 0 Å². The first kappa shape index (κ1) is 16.7. The third-order valence-corrected chi connectivity index (χ3v) is 5.41. The van der Waals surface area contributed by atoms with Gasteiger partial charge in [0.05, 0.1) is 30.0 Å². The molecule has 0 spiro atoms.